The molecule has 2 heterocycles. The predicted octanol–water partition coefficient (Wildman–Crippen LogP) is 2.28. The molecule has 5 nitrogen and oxygen atoms in total. The second kappa shape index (κ2) is 6.21. The molecule has 0 radical (unpaired) electrons. The van der Waals surface area contributed by atoms with E-state index in [0.29, 0.717) is 16.7 Å². The summed E-state index contributed by atoms with van der Waals surface area (Å²) in [4.78, 5) is 21.1. The maximum Gasteiger partial charge on any atom is 0.230 e. The largest absolute Gasteiger partial charge is 0.383 e. The quantitative estimate of drug-likeness (QED) is 0.653. The number of nitrogens with two attached hydrogens (primary N) is 1. The molecule has 0 bridgehead atoms. The van der Waals surface area contributed by atoms with Crippen molar-refractivity contribution in [3.8, 4) is 0 Å². The Bertz CT molecular complexity index is 584. The van der Waals surface area contributed by atoms with Gasteiger partial charge in [0.05, 0.1) is 11.1 Å². The molecule has 0 saturated heterocycles. The first-order valence-electron chi connectivity index (χ1n) is 6.03. The normalized spacial score (nSPS) is 12.5. The SMILES string of the molecule is CC[C@@H](C)NC(=O)CSc1nc(N)c2ccsc2n1. The number of nitrogens with zero attached hydrogens (tertiary/aromatic N) is 2. The van der Waals surface area contributed by atoms with Gasteiger partial charge in [0.1, 0.15) is 10.6 Å². The number of anilines is 1. The highest BCUT2D eigenvalue weighted by Crippen LogP contribution is 2.26. The zero-order valence-corrected chi connectivity index (χ0v) is 12.5. The van der Waals surface area contributed by atoms with Crippen LogP contribution in [0, 0.1) is 0 Å². The van der Waals surface area contributed by atoms with Gasteiger partial charge in [-0.1, -0.05) is 18.7 Å². The van der Waals surface area contributed by atoms with E-state index in [9.17, 15) is 4.79 Å². The number of rotatable bonds is 5. The van der Waals surface area contributed by atoms with E-state index in [-0.39, 0.29) is 11.9 Å². The lowest BCUT2D eigenvalue weighted by Gasteiger charge is -2.10. The van der Waals surface area contributed by atoms with E-state index in [2.05, 4.69) is 15.3 Å². The maximum atomic E-state index is 11.7. The van der Waals surface area contributed by atoms with Crippen LogP contribution in [-0.4, -0.2) is 27.7 Å². The molecule has 1 amide bonds. The topological polar surface area (TPSA) is 80.9 Å². The highest BCUT2D eigenvalue weighted by molar-refractivity contribution is 7.99. The molecule has 0 aliphatic heterocycles. The van der Waals surface area contributed by atoms with Gasteiger partial charge in [0.25, 0.3) is 0 Å². The van der Waals surface area contributed by atoms with Gasteiger partial charge in [-0.3, -0.25) is 4.79 Å². The number of nitrogens with one attached hydrogen (secondary N) is 1. The summed E-state index contributed by atoms with van der Waals surface area (Å²) in [5.41, 5.74) is 5.85. The number of hydrogen-bond acceptors (Lipinski definition) is 6. The Morgan fingerprint density at radius 2 is 2.37 bits per heavy atom. The molecule has 2 rings (SSSR count). The smallest absolute Gasteiger partial charge is 0.230 e. The van der Waals surface area contributed by atoms with Crippen LogP contribution in [0.15, 0.2) is 16.6 Å². The molecule has 2 aromatic heterocycles. The number of carbonyl (C=O) groups is 1. The maximum absolute atomic E-state index is 11.7. The summed E-state index contributed by atoms with van der Waals surface area (Å²) in [6, 6.07) is 2.10. The summed E-state index contributed by atoms with van der Waals surface area (Å²) >= 11 is 2.82. The highest BCUT2D eigenvalue weighted by Gasteiger charge is 2.10. The minimum Gasteiger partial charge on any atom is -0.383 e. The molecule has 0 aromatic carbocycles. The molecule has 1 atom stereocenters. The molecule has 0 fully saturated rings. The molecular formula is C12H16N4OS2. The first-order chi connectivity index (χ1) is 9.10. The molecule has 19 heavy (non-hydrogen) atoms. The molecule has 0 spiro atoms. The highest BCUT2D eigenvalue weighted by atomic mass is 32.2. The lowest BCUT2D eigenvalue weighted by Crippen LogP contribution is -2.33. The van der Waals surface area contributed by atoms with Crippen LogP contribution in [0.4, 0.5) is 5.82 Å². The van der Waals surface area contributed by atoms with E-state index in [1.54, 1.807) is 0 Å². The fourth-order valence-electron chi connectivity index (χ4n) is 1.47. The summed E-state index contributed by atoms with van der Waals surface area (Å²) in [5.74, 6) is 0.768. The zero-order chi connectivity index (χ0) is 13.8. The van der Waals surface area contributed by atoms with Gasteiger partial charge < -0.3 is 11.1 Å². The van der Waals surface area contributed by atoms with Crippen LogP contribution in [0.5, 0.6) is 0 Å². The Labute approximate surface area is 120 Å². The predicted molar refractivity (Wildman–Crippen MR) is 80.4 cm³/mol. The van der Waals surface area contributed by atoms with E-state index < -0.39 is 0 Å². The molecule has 0 aliphatic rings. The number of thiophene rings is 1. The Morgan fingerprint density at radius 1 is 1.58 bits per heavy atom. The van der Waals surface area contributed by atoms with Crippen LogP contribution in [0.1, 0.15) is 20.3 Å². The van der Waals surface area contributed by atoms with Crippen molar-refractivity contribution >= 4 is 45.0 Å². The summed E-state index contributed by atoms with van der Waals surface area (Å²) in [6.07, 6.45) is 0.918. The molecule has 3 N–H and O–H groups in total. The number of fused-ring (bicyclic) bond motifs is 1. The van der Waals surface area contributed by atoms with E-state index in [0.717, 1.165) is 16.6 Å². The number of nitrogen functional groups attached to an aromatic ring is 1. The Morgan fingerprint density at radius 3 is 3.11 bits per heavy atom. The van der Waals surface area contributed by atoms with Crippen molar-refractivity contribution in [2.24, 2.45) is 0 Å². The summed E-state index contributed by atoms with van der Waals surface area (Å²) in [6.45, 7) is 4.02. The van der Waals surface area contributed by atoms with Gasteiger partial charge in [-0.2, -0.15) is 0 Å². The van der Waals surface area contributed by atoms with Crippen molar-refractivity contribution < 1.29 is 4.79 Å². The van der Waals surface area contributed by atoms with Crippen LogP contribution in [0.2, 0.25) is 0 Å². The standard InChI is InChI=1S/C12H16N4OS2/c1-3-7(2)14-9(17)6-19-12-15-10(13)8-4-5-18-11(8)16-12/h4-5,7H,3,6H2,1-2H3,(H,14,17)(H2,13,15,16)/t7-/m1/s1. The summed E-state index contributed by atoms with van der Waals surface area (Å²) in [5, 5.41) is 6.25. The van der Waals surface area contributed by atoms with Crippen LogP contribution in [-0.2, 0) is 4.79 Å². The van der Waals surface area contributed by atoms with Crippen molar-refractivity contribution in [3.63, 3.8) is 0 Å². The van der Waals surface area contributed by atoms with Crippen molar-refractivity contribution in [1.29, 1.82) is 0 Å². The minimum absolute atomic E-state index is 0.00667. The molecule has 102 valence electrons. The number of thioether (sulfide) groups is 1. The van der Waals surface area contributed by atoms with Gasteiger partial charge in [-0.05, 0) is 24.8 Å². The van der Waals surface area contributed by atoms with Gasteiger partial charge in [-0.25, -0.2) is 9.97 Å². The third-order valence-electron chi connectivity index (χ3n) is 2.69. The van der Waals surface area contributed by atoms with Crippen molar-refractivity contribution in [2.45, 2.75) is 31.5 Å². The Balaban J connectivity index is 1.99. The van der Waals surface area contributed by atoms with Crippen molar-refractivity contribution in [2.75, 3.05) is 11.5 Å². The van der Waals surface area contributed by atoms with Crippen LogP contribution >= 0.6 is 23.1 Å². The van der Waals surface area contributed by atoms with Crippen LogP contribution < -0.4 is 11.1 Å². The number of hydrogen-bond donors (Lipinski definition) is 2. The second-order valence-corrected chi connectivity index (χ2v) is 6.03. The lowest BCUT2D eigenvalue weighted by atomic mass is 10.3. The van der Waals surface area contributed by atoms with Gasteiger partial charge in [0.2, 0.25) is 5.91 Å². The lowest BCUT2D eigenvalue weighted by molar-refractivity contribution is -0.119. The molecule has 0 saturated carbocycles. The average Bonchev–Trinajstić information content (AvgIpc) is 2.85. The third-order valence-corrected chi connectivity index (χ3v) is 4.34. The Hall–Kier alpha value is -1.34. The zero-order valence-electron chi connectivity index (χ0n) is 10.8. The molecular weight excluding hydrogens is 280 g/mol. The van der Waals surface area contributed by atoms with Crippen molar-refractivity contribution in [3.05, 3.63) is 11.4 Å². The number of amides is 1. The van der Waals surface area contributed by atoms with E-state index >= 15 is 0 Å². The molecule has 0 aliphatic carbocycles. The van der Waals surface area contributed by atoms with E-state index in [1.165, 1.54) is 23.1 Å². The van der Waals surface area contributed by atoms with Gasteiger partial charge >= 0.3 is 0 Å². The molecule has 7 heteroatoms. The first kappa shape index (κ1) is 14.1. The van der Waals surface area contributed by atoms with E-state index in [1.807, 2.05) is 25.3 Å². The van der Waals surface area contributed by atoms with Crippen LogP contribution in [0.3, 0.4) is 0 Å². The van der Waals surface area contributed by atoms with Crippen LogP contribution in [0.25, 0.3) is 10.2 Å². The summed E-state index contributed by atoms with van der Waals surface area (Å²) in [7, 11) is 0. The third kappa shape index (κ3) is 3.57. The van der Waals surface area contributed by atoms with Gasteiger partial charge in [0.15, 0.2) is 5.16 Å². The van der Waals surface area contributed by atoms with E-state index in [4.69, 9.17) is 5.73 Å². The fraction of sp³-hybridized carbons (Fsp3) is 0.417. The average molecular weight is 296 g/mol. The molecule has 2 aromatic rings. The second-order valence-electron chi connectivity index (χ2n) is 4.20. The number of aromatic nitrogens is 2. The summed E-state index contributed by atoms with van der Waals surface area (Å²) < 4.78 is 0. The molecule has 0 unspecified atom stereocenters. The fourth-order valence-corrected chi connectivity index (χ4v) is 2.96. The monoisotopic (exact) mass is 296 g/mol. The number of carbonyl (C=O) groups excluding carboxylic acids is 1. The van der Waals surface area contributed by atoms with Crippen molar-refractivity contribution in [1.82, 2.24) is 15.3 Å². The van der Waals surface area contributed by atoms with Gasteiger partial charge in [0, 0.05) is 6.04 Å². The van der Waals surface area contributed by atoms with Gasteiger partial charge in [-0.15, -0.1) is 11.3 Å². The first-order valence-corrected chi connectivity index (χ1v) is 7.89. The Kier molecular flexibility index (Phi) is 4.60. The minimum atomic E-state index is -0.00667.